The van der Waals surface area contributed by atoms with E-state index in [1.54, 1.807) is 42.5 Å². The lowest BCUT2D eigenvalue weighted by atomic mass is 10.1. The van der Waals surface area contributed by atoms with E-state index < -0.39 is 0 Å². The minimum atomic E-state index is -0.123. The average Bonchev–Trinajstić information content (AvgIpc) is 3.25. The first-order valence-electron chi connectivity index (χ1n) is 9.16. The van der Waals surface area contributed by atoms with Crippen LogP contribution in [0.2, 0.25) is 0 Å². The fourth-order valence-corrected chi connectivity index (χ4v) is 2.96. The zero-order valence-electron chi connectivity index (χ0n) is 15.9. The Labute approximate surface area is 168 Å². The van der Waals surface area contributed by atoms with E-state index in [0.717, 1.165) is 22.6 Å². The van der Waals surface area contributed by atoms with E-state index >= 15 is 0 Å². The van der Waals surface area contributed by atoms with Crippen molar-refractivity contribution < 1.29 is 9.53 Å². The molecule has 0 fully saturated rings. The van der Waals surface area contributed by atoms with Gasteiger partial charge in [-0.25, -0.2) is 4.68 Å². The molecule has 0 aliphatic carbocycles. The van der Waals surface area contributed by atoms with Gasteiger partial charge in [0, 0.05) is 24.2 Å². The van der Waals surface area contributed by atoms with Crippen molar-refractivity contribution in [3.63, 3.8) is 0 Å². The number of rotatable bonds is 6. The van der Waals surface area contributed by atoms with Crippen LogP contribution < -0.4 is 4.74 Å². The third-order valence-electron chi connectivity index (χ3n) is 4.48. The largest absolute Gasteiger partial charge is 0.497 e. The molecule has 0 spiro atoms. The molecule has 142 valence electrons. The SMILES string of the molecule is COc1ccc(C=CC(=O)c2cn(-c3ccccc3)nc2-c2cccnc2)cc1. The summed E-state index contributed by atoms with van der Waals surface area (Å²) < 4.78 is 6.88. The van der Waals surface area contributed by atoms with Crippen LogP contribution in [0.5, 0.6) is 5.75 Å². The smallest absolute Gasteiger partial charge is 0.189 e. The number of allylic oxidation sites excluding steroid dienone is 1. The summed E-state index contributed by atoms with van der Waals surface area (Å²) >= 11 is 0. The van der Waals surface area contributed by atoms with Gasteiger partial charge in [-0.2, -0.15) is 5.10 Å². The maximum absolute atomic E-state index is 13.0. The maximum Gasteiger partial charge on any atom is 0.189 e. The normalized spacial score (nSPS) is 10.9. The Morgan fingerprint density at radius 1 is 1.00 bits per heavy atom. The summed E-state index contributed by atoms with van der Waals surface area (Å²) in [5, 5.41) is 4.65. The highest BCUT2D eigenvalue weighted by Gasteiger charge is 2.17. The summed E-state index contributed by atoms with van der Waals surface area (Å²) in [5.41, 5.74) is 3.72. The number of hydrogen-bond acceptors (Lipinski definition) is 4. The van der Waals surface area contributed by atoms with Crippen LogP contribution in [0.25, 0.3) is 23.0 Å². The molecule has 0 radical (unpaired) electrons. The fourth-order valence-electron chi connectivity index (χ4n) is 2.96. The van der Waals surface area contributed by atoms with Crippen molar-refractivity contribution in [1.82, 2.24) is 14.8 Å². The van der Waals surface area contributed by atoms with Gasteiger partial charge in [0.25, 0.3) is 0 Å². The van der Waals surface area contributed by atoms with Crippen LogP contribution in [0.3, 0.4) is 0 Å². The minimum Gasteiger partial charge on any atom is -0.497 e. The molecule has 0 amide bonds. The van der Waals surface area contributed by atoms with Crippen LogP contribution in [-0.2, 0) is 0 Å². The highest BCUT2D eigenvalue weighted by atomic mass is 16.5. The Morgan fingerprint density at radius 2 is 1.79 bits per heavy atom. The zero-order valence-corrected chi connectivity index (χ0v) is 15.9. The van der Waals surface area contributed by atoms with Gasteiger partial charge in [-0.3, -0.25) is 9.78 Å². The summed E-state index contributed by atoms with van der Waals surface area (Å²) in [6.45, 7) is 0. The van der Waals surface area contributed by atoms with Gasteiger partial charge >= 0.3 is 0 Å². The number of benzene rings is 2. The van der Waals surface area contributed by atoms with Crippen LogP contribution in [0.4, 0.5) is 0 Å². The quantitative estimate of drug-likeness (QED) is 0.354. The maximum atomic E-state index is 13.0. The van der Waals surface area contributed by atoms with Crippen molar-refractivity contribution >= 4 is 11.9 Å². The molecule has 0 bridgehead atoms. The second-order valence-corrected chi connectivity index (χ2v) is 6.38. The van der Waals surface area contributed by atoms with Gasteiger partial charge in [0.2, 0.25) is 0 Å². The number of methoxy groups -OCH3 is 1. The predicted octanol–water partition coefficient (Wildman–Crippen LogP) is 4.84. The van der Waals surface area contributed by atoms with Gasteiger partial charge in [-0.1, -0.05) is 36.4 Å². The zero-order chi connectivity index (χ0) is 20.1. The Bertz CT molecular complexity index is 1130. The van der Waals surface area contributed by atoms with Crippen LogP contribution in [0.1, 0.15) is 15.9 Å². The van der Waals surface area contributed by atoms with Gasteiger partial charge in [0.1, 0.15) is 11.4 Å². The third-order valence-corrected chi connectivity index (χ3v) is 4.48. The Balaban J connectivity index is 1.70. The first-order chi connectivity index (χ1) is 14.2. The van der Waals surface area contributed by atoms with Gasteiger partial charge in [-0.05, 0) is 48.0 Å². The molecule has 2 aromatic heterocycles. The molecule has 2 heterocycles. The van der Waals surface area contributed by atoms with Crippen LogP contribution in [0.15, 0.2) is 91.4 Å². The molecule has 0 unspecified atom stereocenters. The first-order valence-corrected chi connectivity index (χ1v) is 9.16. The molecular formula is C24H19N3O2. The minimum absolute atomic E-state index is 0.123. The molecule has 0 N–H and O–H groups in total. The monoisotopic (exact) mass is 381 g/mol. The molecule has 4 rings (SSSR count). The van der Waals surface area contributed by atoms with E-state index in [2.05, 4.69) is 10.1 Å². The number of hydrogen-bond donors (Lipinski definition) is 0. The number of pyridine rings is 1. The van der Waals surface area contributed by atoms with E-state index in [1.807, 2.05) is 66.7 Å². The summed E-state index contributed by atoms with van der Waals surface area (Å²) in [7, 11) is 1.62. The van der Waals surface area contributed by atoms with E-state index in [-0.39, 0.29) is 5.78 Å². The third kappa shape index (κ3) is 4.14. The average molecular weight is 381 g/mol. The summed E-state index contributed by atoms with van der Waals surface area (Å²) in [4.78, 5) is 17.2. The molecule has 29 heavy (non-hydrogen) atoms. The Kier molecular flexibility index (Phi) is 5.29. The van der Waals surface area contributed by atoms with Crippen molar-refractivity contribution in [3.05, 3.63) is 103 Å². The fraction of sp³-hybridized carbons (Fsp3) is 0.0417. The number of nitrogens with zero attached hydrogens (tertiary/aromatic N) is 3. The molecule has 0 atom stereocenters. The number of para-hydroxylation sites is 1. The molecule has 0 aliphatic heterocycles. The predicted molar refractivity (Wildman–Crippen MR) is 113 cm³/mol. The summed E-state index contributed by atoms with van der Waals surface area (Å²) in [6.07, 6.45) is 8.52. The van der Waals surface area contributed by atoms with E-state index in [1.165, 1.54) is 0 Å². The van der Waals surface area contributed by atoms with Gasteiger partial charge in [-0.15, -0.1) is 0 Å². The number of carbonyl (C=O) groups excluding carboxylic acids is 1. The second-order valence-electron chi connectivity index (χ2n) is 6.38. The number of carbonyl (C=O) groups is 1. The lowest BCUT2D eigenvalue weighted by Crippen LogP contribution is -1.95. The van der Waals surface area contributed by atoms with E-state index in [0.29, 0.717) is 11.3 Å². The van der Waals surface area contributed by atoms with Crippen molar-refractivity contribution in [2.75, 3.05) is 7.11 Å². The van der Waals surface area contributed by atoms with E-state index in [9.17, 15) is 4.79 Å². The number of aromatic nitrogens is 3. The van der Waals surface area contributed by atoms with Crippen molar-refractivity contribution in [3.8, 4) is 22.7 Å². The molecule has 0 saturated carbocycles. The highest BCUT2D eigenvalue weighted by Crippen LogP contribution is 2.24. The lowest BCUT2D eigenvalue weighted by Gasteiger charge is -2.00. The Morgan fingerprint density at radius 3 is 2.48 bits per heavy atom. The van der Waals surface area contributed by atoms with Crippen LogP contribution >= 0.6 is 0 Å². The summed E-state index contributed by atoms with van der Waals surface area (Å²) in [5.74, 6) is 0.651. The van der Waals surface area contributed by atoms with E-state index in [4.69, 9.17) is 4.74 Å². The molecule has 5 nitrogen and oxygen atoms in total. The van der Waals surface area contributed by atoms with Crippen molar-refractivity contribution in [2.24, 2.45) is 0 Å². The van der Waals surface area contributed by atoms with Gasteiger partial charge in [0.05, 0.1) is 18.4 Å². The van der Waals surface area contributed by atoms with Crippen LogP contribution in [0, 0.1) is 0 Å². The summed E-state index contributed by atoms with van der Waals surface area (Å²) in [6, 6.07) is 21.0. The lowest BCUT2D eigenvalue weighted by molar-refractivity contribution is 0.104. The molecule has 0 aliphatic rings. The number of ketones is 1. The molecule has 2 aromatic carbocycles. The molecular weight excluding hydrogens is 362 g/mol. The molecule has 5 heteroatoms. The number of ether oxygens (including phenoxy) is 1. The van der Waals surface area contributed by atoms with Crippen molar-refractivity contribution in [1.29, 1.82) is 0 Å². The Hall–Kier alpha value is -3.99. The topological polar surface area (TPSA) is 57.0 Å². The van der Waals surface area contributed by atoms with Gasteiger partial charge < -0.3 is 4.74 Å². The van der Waals surface area contributed by atoms with Crippen molar-refractivity contribution in [2.45, 2.75) is 0 Å². The molecule has 4 aromatic rings. The molecule has 0 saturated heterocycles. The van der Waals surface area contributed by atoms with Gasteiger partial charge in [0.15, 0.2) is 5.78 Å². The van der Waals surface area contributed by atoms with Crippen LogP contribution in [-0.4, -0.2) is 27.7 Å². The second kappa shape index (κ2) is 8.35. The highest BCUT2D eigenvalue weighted by molar-refractivity contribution is 6.10. The standard InChI is InChI=1S/C24H19N3O2/c1-29-21-12-9-18(10-13-21)11-14-23(28)22-17-27(20-7-3-2-4-8-20)26-24(22)19-6-5-15-25-16-19/h2-17H,1H3. The first kappa shape index (κ1) is 18.4.